The molecule has 1 aliphatic heterocycles. The molecule has 13 heteroatoms. The van der Waals surface area contributed by atoms with Gasteiger partial charge in [-0.25, -0.2) is 4.68 Å². The molecular formula is C21H22BrN5O5S2. The average molecular weight is 568 g/mol. The van der Waals surface area contributed by atoms with Crippen LogP contribution in [0, 0.1) is 11.3 Å². The smallest absolute Gasteiger partial charge is 0.304 e. The summed E-state index contributed by atoms with van der Waals surface area (Å²) in [6.45, 7) is 1.63. The fourth-order valence-electron chi connectivity index (χ4n) is 3.92. The largest absolute Gasteiger partial charge is 0.391 e. The molecule has 1 aromatic carbocycles. The summed E-state index contributed by atoms with van der Waals surface area (Å²) in [6.07, 6.45) is -1.05. The Labute approximate surface area is 212 Å². The van der Waals surface area contributed by atoms with E-state index in [1.165, 1.54) is 18.9 Å². The van der Waals surface area contributed by atoms with E-state index >= 15 is 0 Å². The molecule has 6 atom stereocenters. The highest BCUT2D eigenvalue weighted by Crippen LogP contribution is 2.42. The molecule has 0 spiro atoms. The zero-order valence-corrected chi connectivity index (χ0v) is 21.6. The first-order valence-corrected chi connectivity index (χ1v) is 12.8. The van der Waals surface area contributed by atoms with Crippen LogP contribution in [-0.2, 0) is 14.2 Å². The Kier molecular flexibility index (Phi) is 7.88. The first kappa shape index (κ1) is 25.1. The Morgan fingerprint density at radius 3 is 2.76 bits per heavy atom. The SMILES string of the molecule is COC1C(n2cc(-c3csc(=O)[nH]3)nn2)[C@@H](OC)C(C(C)O)O[C@@H]1Sc1cc(Br)ccc1C#N. The van der Waals surface area contributed by atoms with Gasteiger partial charge in [-0.2, -0.15) is 5.26 Å². The molecule has 0 bridgehead atoms. The van der Waals surface area contributed by atoms with E-state index in [1.54, 1.807) is 42.4 Å². The Balaban J connectivity index is 1.74. The van der Waals surface area contributed by atoms with Crippen molar-refractivity contribution >= 4 is 39.0 Å². The van der Waals surface area contributed by atoms with Crippen LogP contribution in [0.25, 0.3) is 11.4 Å². The van der Waals surface area contributed by atoms with Gasteiger partial charge >= 0.3 is 4.87 Å². The normalized spacial score (nSPS) is 25.7. The zero-order valence-electron chi connectivity index (χ0n) is 18.4. The van der Waals surface area contributed by atoms with Crippen LogP contribution in [-0.4, -0.2) is 69.2 Å². The lowest BCUT2D eigenvalue weighted by Gasteiger charge is -2.46. The third-order valence-corrected chi connectivity index (χ3v) is 7.86. The van der Waals surface area contributed by atoms with E-state index in [1.807, 2.05) is 6.07 Å². The maximum Gasteiger partial charge on any atom is 0.304 e. The van der Waals surface area contributed by atoms with Gasteiger partial charge in [0.25, 0.3) is 0 Å². The van der Waals surface area contributed by atoms with E-state index in [0.717, 1.165) is 15.8 Å². The molecule has 3 aromatic rings. The van der Waals surface area contributed by atoms with E-state index in [9.17, 15) is 15.2 Å². The molecule has 2 N–H and O–H groups in total. The number of aromatic nitrogens is 4. The van der Waals surface area contributed by atoms with Gasteiger partial charge < -0.3 is 24.3 Å². The van der Waals surface area contributed by atoms with Crippen LogP contribution in [0.3, 0.4) is 0 Å². The summed E-state index contributed by atoms with van der Waals surface area (Å²) < 4.78 is 20.4. The van der Waals surface area contributed by atoms with Crippen molar-refractivity contribution in [1.29, 1.82) is 5.26 Å². The third kappa shape index (κ3) is 4.99. The molecule has 0 amide bonds. The molecule has 4 rings (SSSR count). The number of ether oxygens (including phenoxy) is 3. The van der Waals surface area contributed by atoms with Crippen molar-refractivity contribution in [1.82, 2.24) is 20.0 Å². The quantitative estimate of drug-likeness (QED) is 0.441. The fraction of sp³-hybridized carbons (Fsp3) is 0.429. The number of nitriles is 1. The second-order valence-corrected chi connectivity index (χ2v) is 10.5. The lowest BCUT2D eigenvalue weighted by molar-refractivity contribution is -0.208. The Bertz CT molecular complexity index is 1240. The average Bonchev–Trinajstić information content (AvgIpc) is 3.47. The predicted octanol–water partition coefficient (Wildman–Crippen LogP) is 2.80. The lowest BCUT2D eigenvalue weighted by Crippen LogP contribution is -2.58. The topological polar surface area (TPSA) is 135 Å². The number of nitrogens with zero attached hydrogens (tertiary/aromatic N) is 4. The number of thiazole rings is 1. The number of rotatable bonds is 7. The molecule has 0 saturated carbocycles. The number of halogens is 1. The monoisotopic (exact) mass is 567 g/mol. The van der Waals surface area contributed by atoms with Crippen molar-refractivity contribution in [2.45, 2.75) is 47.7 Å². The van der Waals surface area contributed by atoms with Crippen LogP contribution < -0.4 is 4.87 Å². The minimum Gasteiger partial charge on any atom is -0.391 e. The summed E-state index contributed by atoms with van der Waals surface area (Å²) in [5.74, 6) is 0. The molecule has 1 aliphatic rings. The Hall–Kier alpha value is -2.05. The van der Waals surface area contributed by atoms with E-state index in [2.05, 4.69) is 37.3 Å². The van der Waals surface area contributed by atoms with Gasteiger partial charge in [-0.1, -0.05) is 44.2 Å². The van der Waals surface area contributed by atoms with E-state index < -0.39 is 35.9 Å². The van der Waals surface area contributed by atoms with Crippen LogP contribution in [0.2, 0.25) is 0 Å². The fourth-order valence-corrected chi connectivity index (χ4v) is 6.29. The third-order valence-electron chi connectivity index (χ3n) is 5.50. The van der Waals surface area contributed by atoms with Gasteiger partial charge in [0, 0.05) is 29.0 Å². The molecule has 2 aromatic heterocycles. The van der Waals surface area contributed by atoms with Crippen molar-refractivity contribution in [3.05, 3.63) is 49.5 Å². The summed E-state index contributed by atoms with van der Waals surface area (Å²) in [5, 5.41) is 30.3. The summed E-state index contributed by atoms with van der Waals surface area (Å²) in [7, 11) is 3.09. The predicted molar refractivity (Wildman–Crippen MR) is 130 cm³/mol. The van der Waals surface area contributed by atoms with Crippen LogP contribution in [0.4, 0.5) is 0 Å². The number of hydrogen-bond donors (Lipinski definition) is 2. The molecule has 0 aliphatic carbocycles. The molecule has 1 saturated heterocycles. The molecule has 0 radical (unpaired) electrons. The highest BCUT2D eigenvalue weighted by atomic mass is 79.9. The zero-order chi connectivity index (χ0) is 24.4. The number of thioether (sulfide) groups is 1. The molecule has 1 fully saturated rings. The Morgan fingerprint density at radius 1 is 1.38 bits per heavy atom. The summed E-state index contributed by atoms with van der Waals surface area (Å²) in [6, 6.07) is 7.04. The van der Waals surface area contributed by atoms with Crippen LogP contribution in [0.15, 0.2) is 43.9 Å². The maximum absolute atomic E-state index is 11.6. The van der Waals surface area contributed by atoms with Gasteiger partial charge in [0.2, 0.25) is 0 Å². The van der Waals surface area contributed by atoms with E-state index in [0.29, 0.717) is 21.8 Å². The summed E-state index contributed by atoms with van der Waals surface area (Å²) in [4.78, 5) is 14.8. The number of nitrogens with one attached hydrogen (secondary N) is 1. The molecule has 34 heavy (non-hydrogen) atoms. The first-order valence-electron chi connectivity index (χ1n) is 10.2. The van der Waals surface area contributed by atoms with Gasteiger partial charge in [-0.05, 0) is 25.1 Å². The van der Waals surface area contributed by atoms with Crippen molar-refractivity contribution in [3.8, 4) is 17.5 Å². The molecule has 3 heterocycles. The minimum absolute atomic E-state index is 0.187. The van der Waals surface area contributed by atoms with Gasteiger partial charge in [0.15, 0.2) is 0 Å². The standard InChI is InChI=1S/C21H22BrN5O5S2/c1-10(28)17-18(30-2)16(27-8-13(25-26-27)14-9-33-21(29)24-14)19(31-3)20(32-17)34-15-6-12(22)5-4-11(15)7-23/h4-6,8-10,16-20,28H,1-3H3,(H,24,29)/t10?,16?,17?,18-,19?,20-/m1/s1. The number of aliphatic hydroxyl groups excluding tert-OH is 1. The van der Waals surface area contributed by atoms with Crippen LogP contribution in [0.1, 0.15) is 18.5 Å². The molecule has 10 nitrogen and oxygen atoms in total. The van der Waals surface area contributed by atoms with Gasteiger partial charge in [0.05, 0.1) is 23.6 Å². The van der Waals surface area contributed by atoms with Gasteiger partial charge in [0.1, 0.15) is 41.6 Å². The summed E-state index contributed by atoms with van der Waals surface area (Å²) >= 11 is 5.82. The second kappa shape index (κ2) is 10.7. The van der Waals surface area contributed by atoms with Crippen molar-refractivity contribution in [3.63, 3.8) is 0 Å². The minimum atomic E-state index is -0.859. The van der Waals surface area contributed by atoms with Gasteiger partial charge in [-0.15, -0.1) is 5.10 Å². The van der Waals surface area contributed by atoms with Crippen LogP contribution >= 0.6 is 39.0 Å². The molecule has 4 unspecified atom stereocenters. The number of hydrogen-bond acceptors (Lipinski definition) is 10. The van der Waals surface area contributed by atoms with Gasteiger partial charge in [-0.3, -0.25) is 4.79 Å². The Morgan fingerprint density at radius 2 is 2.15 bits per heavy atom. The second-order valence-electron chi connectivity index (χ2n) is 7.62. The number of benzene rings is 1. The van der Waals surface area contributed by atoms with E-state index in [-0.39, 0.29) is 4.87 Å². The molecule has 180 valence electrons. The van der Waals surface area contributed by atoms with Crippen molar-refractivity contribution in [2.24, 2.45) is 0 Å². The van der Waals surface area contributed by atoms with Crippen LogP contribution in [0.5, 0.6) is 0 Å². The maximum atomic E-state index is 11.6. The number of methoxy groups -OCH3 is 2. The lowest BCUT2D eigenvalue weighted by atomic mass is 9.94. The van der Waals surface area contributed by atoms with Crippen molar-refractivity contribution in [2.75, 3.05) is 14.2 Å². The number of aromatic amines is 1. The number of H-pyrrole nitrogens is 1. The molecular weight excluding hydrogens is 546 g/mol. The number of aliphatic hydroxyl groups is 1. The van der Waals surface area contributed by atoms with Crippen molar-refractivity contribution < 1.29 is 19.3 Å². The first-order chi connectivity index (χ1) is 16.4. The van der Waals surface area contributed by atoms with E-state index in [4.69, 9.17) is 14.2 Å². The summed E-state index contributed by atoms with van der Waals surface area (Å²) in [5.41, 5.74) is 0.944. The highest BCUT2D eigenvalue weighted by Gasteiger charge is 2.50. The highest BCUT2D eigenvalue weighted by molar-refractivity contribution is 9.10.